The van der Waals surface area contributed by atoms with E-state index in [9.17, 15) is 9.50 Å². The van der Waals surface area contributed by atoms with Crippen LogP contribution in [-0.4, -0.2) is 16.6 Å². The van der Waals surface area contributed by atoms with Crippen LogP contribution < -0.4 is 5.73 Å². The van der Waals surface area contributed by atoms with Crippen molar-refractivity contribution in [2.45, 2.75) is 12.0 Å². The summed E-state index contributed by atoms with van der Waals surface area (Å²) in [4.78, 5) is 3.93. The average Bonchev–Trinajstić information content (AvgIpc) is 2.41. The van der Waals surface area contributed by atoms with Crippen LogP contribution in [0.25, 0.3) is 0 Å². The van der Waals surface area contributed by atoms with Crippen LogP contribution in [-0.2, 0) is 0 Å². The Labute approximate surface area is 105 Å². The summed E-state index contributed by atoms with van der Waals surface area (Å²) in [7, 11) is 0. The molecule has 0 bridgehead atoms. The highest BCUT2D eigenvalue weighted by atomic mass is 19.1. The zero-order valence-corrected chi connectivity index (χ0v) is 9.83. The molecule has 3 N–H and O–H groups in total. The van der Waals surface area contributed by atoms with E-state index >= 15 is 0 Å². The first-order valence-electron chi connectivity index (χ1n) is 5.76. The quantitative estimate of drug-likeness (QED) is 0.867. The molecule has 94 valence electrons. The summed E-state index contributed by atoms with van der Waals surface area (Å²) in [6.07, 6.45) is 2.57. The molecular formula is C14H15FN2O. The molecule has 2 aromatic rings. The van der Waals surface area contributed by atoms with E-state index in [0.717, 1.165) is 5.56 Å². The molecule has 1 aromatic heterocycles. The largest absolute Gasteiger partial charge is 0.388 e. The van der Waals surface area contributed by atoms with Crippen LogP contribution in [0.5, 0.6) is 0 Å². The van der Waals surface area contributed by atoms with Crippen LogP contribution >= 0.6 is 0 Å². The van der Waals surface area contributed by atoms with Crippen molar-refractivity contribution in [2.75, 3.05) is 6.54 Å². The molecule has 0 radical (unpaired) electrons. The van der Waals surface area contributed by atoms with E-state index in [1.165, 1.54) is 12.1 Å². The van der Waals surface area contributed by atoms with Crippen LogP contribution in [0.4, 0.5) is 4.39 Å². The second-order valence-corrected chi connectivity index (χ2v) is 4.12. The molecule has 1 heterocycles. The number of aliphatic hydroxyl groups excluding tert-OH is 1. The molecular weight excluding hydrogens is 231 g/mol. The van der Waals surface area contributed by atoms with Gasteiger partial charge in [0.25, 0.3) is 0 Å². The standard InChI is InChI=1S/C14H15FN2O/c15-12-3-1-11(2-4-12)14(18)13(9-16)10-5-7-17-8-6-10/h1-8,13-14,18H,9,16H2. The maximum atomic E-state index is 12.8. The number of halogens is 1. The summed E-state index contributed by atoms with van der Waals surface area (Å²) in [5, 5.41) is 10.3. The Bertz CT molecular complexity index is 487. The molecule has 1 aromatic carbocycles. The third kappa shape index (κ3) is 2.72. The minimum Gasteiger partial charge on any atom is -0.388 e. The van der Waals surface area contributed by atoms with Gasteiger partial charge < -0.3 is 10.8 Å². The summed E-state index contributed by atoms with van der Waals surface area (Å²) in [5.41, 5.74) is 7.30. The van der Waals surface area contributed by atoms with Gasteiger partial charge >= 0.3 is 0 Å². The Balaban J connectivity index is 2.25. The van der Waals surface area contributed by atoms with Crippen LogP contribution in [0.1, 0.15) is 23.1 Å². The van der Waals surface area contributed by atoms with Crippen molar-refractivity contribution in [3.8, 4) is 0 Å². The Morgan fingerprint density at radius 3 is 2.22 bits per heavy atom. The lowest BCUT2D eigenvalue weighted by atomic mass is 9.90. The van der Waals surface area contributed by atoms with Crippen LogP contribution in [0, 0.1) is 5.82 Å². The Hall–Kier alpha value is -1.78. The number of hydrogen-bond donors (Lipinski definition) is 2. The summed E-state index contributed by atoms with van der Waals surface area (Å²) in [6, 6.07) is 9.46. The molecule has 0 saturated heterocycles. The topological polar surface area (TPSA) is 59.1 Å². The first-order chi connectivity index (χ1) is 8.72. The normalized spacial score (nSPS) is 14.2. The lowest BCUT2D eigenvalue weighted by Gasteiger charge is -2.22. The third-order valence-electron chi connectivity index (χ3n) is 2.98. The van der Waals surface area contributed by atoms with Gasteiger partial charge in [0.1, 0.15) is 5.82 Å². The van der Waals surface area contributed by atoms with E-state index in [1.807, 2.05) is 12.1 Å². The molecule has 0 spiro atoms. The van der Waals surface area contributed by atoms with Crippen molar-refractivity contribution in [1.82, 2.24) is 4.98 Å². The predicted octanol–water partition coefficient (Wildman–Crippen LogP) is 2.00. The van der Waals surface area contributed by atoms with E-state index in [2.05, 4.69) is 4.98 Å². The fraction of sp³-hybridized carbons (Fsp3) is 0.214. The molecule has 0 saturated carbocycles. The van der Waals surface area contributed by atoms with Crippen molar-refractivity contribution in [3.05, 3.63) is 65.7 Å². The minimum absolute atomic E-state index is 0.224. The molecule has 0 fully saturated rings. The minimum atomic E-state index is -0.752. The van der Waals surface area contributed by atoms with Crippen molar-refractivity contribution < 1.29 is 9.50 Å². The predicted molar refractivity (Wildman–Crippen MR) is 67.4 cm³/mol. The second kappa shape index (κ2) is 5.71. The van der Waals surface area contributed by atoms with Gasteiger partial charge in [-0.25, -0.2) is 4.39 Å². The molecule has 2 rings (SSSR count). The Morgan fingerprint density at radius 2 is 1.67 bits per heavy atom. The molecule has 0 aliphatic rings. The van der Waals surface area contributed by atoms with Crippen molar-refractivity contribution in [1.29, 1.82) is 0 Å². The summed E-state index contributed by atoms with van der Waals surface area (Å²) in [5.74, 6) is -0.544. The number of aromatic nitrogens is 1. The molecule has 0 aliphatic heterocycles. The van der Waals surface area contributed by atoms with Crippen LogP contribution in [0.3, 0.4) is 0 Å². The molecule has 3 nitrogen and oxygen atoms in total. The van der Waals surface area contributed by atoms with E-state index in [0.29, 0.717) is 12.1 Å². The Kier molecular flexibility index (Phi) is 4.02. The van der Waals surface area contributed by atoms with Gasteiger partial charge in [0.15, 0.2) is 0 Å². The van der Waals surface area contributed by atoms with Gasteiger partial charge in [0.2, 0.25) is 0 Å². The first kappa shape index (κ1) is 12.7. The molecule has 4 heteroatoms. The van der Waals surface area contributed by atoms with E-state index in [1.54, 1.807) is 24.5 Å². The number of nitrogens with two attached hydrogens (primary N) is 1. The second-order valence-electron chi connectivity index (χ2n) is 4.12. The number of rotatable bonds is 4. The molecule has 0 amide bonds. The lowest BCUT2D eigenvalue weighted by Crippen LogP contribution is -2.20. The molecule has 18 heavy (non-hydrogen) atoms. The summed E-state index contributed by atoms with van der Waals surface area (Å²) in [6.45, 7) is 0.308. The monoisotopic (exact) mass is 246 g/mol. The number of hydrogen-bond acceptors (Lipinski definition) is 3. The first-order valence-corrected chi connectivity index (χ1v) is 5.76. The van der Waals surface area contributed by atoms with Gasteiger partial charge in [0, 0.05) is 24.9 Å². The van der Waals surface area contributed by atoms with Crippen molar-refractivity contribution in [2.24, 2.45) is 5.73 Å². The zero-order chi connectivity index (χ0) is 13.0. The third-order valence-corrected chi connectivity index (χ3v) is 2.98. The zero-order valence-electron chi connectivity index (χ0n) is 9.83. The number of benzene rings is 1. The van der Waals surface area contributed by atoms with Gasteiger partial charge in [-0.3, -0.25) is 4.98 Å². The maximum Gasteiger partial charge on any atom is 0.123 e. The fourth-order valence-corrected chi connectivity index (χ4v) is 1.95. The van der Waals surface area contributed by atoms with Crippen molar-refractivity contribution >= 4 is 0 Å². The van der Waals surface area contributed by atoms with E-state index in [4.69, 9.17) is 5.73 Å². The van der Waals surface area contributed by atoms with E-state index < -0.39 is 6.10 Å². The van der Waals surface area contributed by atoms with Gasteiger partial charge in [-0.1, -0.05) is 12.1 Å². The molecule has 0 aliphatic carbocycles. The van der Waals surface area contributed by atoms with E-state index in [-0.39, 0.29) is 11.7 Å². The lowest BCUT2D eigenvalue weighted by molar-refractivity contribution is 0.147. The van der Waals surface area contributed by atoms with Gasteiger partial charge in [0.05, 0.1) is 6.10 Å². The number of nitrogens with zero attached hydrogens (tertiary/aromatic N) is 1. The average molecular weight is 246 g/mol. The van der Waals surface area contributed by atoms with Crippen LogP contribution in [0.15, 0.2) is 48.8 Å². The van der Waals surface area contributed by atoms with Gasteiger partial charge in [-0.05, 0) is 35.4 Å². The molecule has 2 atom stereocenters. The smallest absolute Gasteiger partial charge is 0.123 e. The maximum absolute atomic E-state index is 12.8. The highest BCUT2D eigenvalue weighted by Crippen LogP contribution is 2.29. The Morgan fingerprint density at radius 1 is 1.06 bits per heavy atom. The number of aliphatic hydroxyl groups is 1. The molecule has 2 unspecified atom stereocenters. The van der Waals surface area contributed by atoms with Gasteiger partial charge in [-0.2, -0.15) is 0 Å². The summed E-state index contributed by atoms with van der Waals surface area (Å²) >= 11 is 0. The number of pyridine rings is 1. The summed E-state index contributed by atoms with van der Waals surface area (Å²) < 4.78 is 12.8. The SMILES string of the molecule is NCC(c1ccncc1)C(O)c1ccc(F)cc1. The highest BCUT2D eigenvalue weighted by Gasteiger charge is 2.21. The fourth-order valence-electron chi connectivity index (χ4n) is 1.95. The van der Waals surface area contributed by atoms with Gasteiger partial charge in [-0.15, -0.1) is 0 Å². The van der Waals surface area contributed by atoms with Crippen molar-refractivity contribution in [3.63, 3.8) is 0 Å². The van der Waals surface area contributed by atoms with Crippen LogP contribution in [0.2, 0.25) is 0 Å². The highest BCUT2D eigenvalue weighted by molar-refractivity contribution is 5.26.